The van der Waals surface area contributed by atoms with E-state index in [4.69, 9.17) is 0 Å². The highest BCUT2D eigenvalue weighted by Gasteiger charge is 2.19. The smallest absolute Gasteiger partial charge is 0.224 e. The first kappa shape index (κ1) is 18.6. The molecule has 0 bridgehead atoms. The number of nitrogens with zero attached hydrogens (tertiary/aromatic N) is 3. The lowest BCUT2D eigenvalue weighted by atomic mass is 10.1. The highest BCUT2D eigenvalue weighted by atomic mass is 16.2. The van der Waals surface area contributed by atoms with Crippen molar-refractivity contribution < 1.29 is 9.59 Å². The summed E-state index contributed by atoms with van der Waals surface area (Å²) in [5, 5.41) is 0. The molecular weight excluding hydrogens is 314 g/mol. The SMILES string of the molecule is CC(=O)N(CCC(=O)N(C)C(C)c1ccncc1)Cc1ccccc1. The van der Waals surface area contributed by atoms with Crippen molar-refractivity contribution in [1.29, 1.82) is 0 Å². The van der Waals surface area contributed by atoms with Gasteiger partial charge in [0.25, 0.3) is 0 Å². The number of hydrogen-bond acceptors (Lipinski definition) is 3. The molecule has 0 aliphatic heterocycles. The van der Waals surface area contributed by atoms with Crippen LogP contribution in [0.5, 0.6) is 0 Å². The van der Waals surface area contributed by atoms with Gasteiger partial charge in [-0.25, -0.2) is 0 Å². The van der Waals surface area contributed by atoms with Gasteiger partial charge in [0.05, 0.1) is 6.04 Å². The Bertz CT molecular complexity index is 689. The van der Waals surface area contributed by atoms with E-state index in [1.165, 1.54) is 6.92 Å². The Labute approximate surface area is 149 Å². The molecule has 1 unspecified atom stereocenters. The molecule has 1 heterocycles. The first-order valence-corrected chi connectivity index (χ1v) is 8.44. The maximum absolute atomic E-state index is 12.5. The van der Waals surface area contributed by atoms with E-state index in [9.17, 15) is 9.59 Å². The molecule has 0 saturated carbocycles. The molecule has 0 fully saturated rings. The van der Waals surface area contributed by atoms with Crippen molar-refractivity contribution in [3.63, 3.8) is 0 Å². The monoisotopic (exact) mass is 339 g/mol. The largest absolute Gasteiger partial charge is 0.339 e. The molecule has 1 aromatic heterocycles. The summed E-state index contributed by atoms with van der Waals surface area (Å²) in [5.74, 6) is -0.00916. The summed E-state index contributed by atoms with van der Waals surface area (Å²) in [7, 11) is 1.79. The average Bonchev–Trinajstić information content (AvgIpc) is 2.65. The number of carbonyl (C=O) groups excluding carboxylic acids is 2. The first-order valence-electron chi connectivity index (χ1n) is 8.44. The molecule has 0 N–H and O–H groups in total. The molecule has 0 radical (unpaired) electrons. The molecule has 2 rings (SSSR count). The Hall–Kier alpha value is -2.69. The van der Waals surface area contributed by atoms with Crippen LogP contribution in [-0.2, 0) is 16.1 Å². The lowest BCUT2D eigenvalue weighted by Gasteiger charge is -2.27. The van der Waals surface area contributed by atoms with Crippen LogP contribution in [0.4, 0.5) is 0 Å². The molecule has 1 aromatic carbocycles. The number of aromatic nitrogens is 1. The number of rotatable bonds is 7. The van der Waals surface area contributed by atoms with Crippen molar-refractivity contribution in [2.45, 2.75) is 32.9 Å². The molecule has 132 valence electrons. The number of carbonyl (C=O) groups is 2. The third kappa shape index (κ3) is 5.41. The van der Waals surface area contributed by atoms with Gasteiger partial charge in [-0.2, -0.15) is 0 Å². The van der Waals surface area contributed by atoms with Crippen LogP contribution in [0.3, 0.4) is 0 Å². The predicted octanol–water partition coefficient (Wildman–Crippen LogP) is 3.04. The Morgan fingerprint density at radius 3 is 2.32 bits per heavy atom. The maximum atomic E-state index is 12.5. The van der Waals surface area contributed by atoms with Crippen molar-refractivity contribution in [2.24, 2.45) is 0 Å². The summed E-state index contributed by atoms with van der Waals surface area (Å²) in [5.41, 5.74) is 2.10. The Morgan fingerprint density at radius 1 is 1.08 bits per heavy atom. The van der Waals surface area contributed by atoms with E-state index in [2.05, 4.69) is 4.98 Å². The lowest BCUT2D eigenvalue weighted by Crippen LogP contribution is -2.35. The molecule has 2 amide bonds. The van der Waals surface area contributed by atoms with E-state index >= 15 is 0 Å². The minimum atomic E-state index is -0.0320. The maximum Gasteiger partial charge on any atom is 0.224 e. The molecule has 0 aliphatic carbocycles. The zero-order valence-electron chi connectivity index (χ0n) is 15.1. The third-order valence-corrected chi connectivity index (χ3v) is 4.42. The van der Waals surface area contributed by atoms with Gasteiger partial charge >= 0.3 is 0 Å². The van der Waals surface area contributed by atoms with Gasteiger partial charge in [-0.3, -0.25) is 14.6 Å². The van der Waals surface area contributed by atoms with Gasteiger partial charge in [0, 0.05) is 45.9 Å². The molecule has 0 saturated heterocycles. The highest BCUT2D eigenvalue weighted by Crippen LogP contribution is 2.18. The summed E-state index contributed by atoms with van der Waals surface area (Å²) in [6, 6.07) is 13.6. The summed E-state index contributed by atoms with van der Waals surface area (Å²) in [4.78, 5) is 31.8. The molecule has 5 heteroatoms. The van der Waals surface area contributed by atoms with Gasteiger partial charge in [-0.15, -0.1) is 0 Å². The molecular formula is C20H25N3O2. The van der Waals surface area contributed by atoms with E-state index in [-0.39, 0.29) is 17.9 Å². The first-order chi connectivity index (χ1) is 12.0. The normalized spacial score (nSPS) is 11.6. The summed E-state index contributed by atoms with van der Waals surface area (Å²) in [6.45, 7) is 4.46. The van der Waals surface area contributed by atoms with Crippen molar-refractivity contribution >= 4 is 11.8 Å². The molecule has 0 aliphatic rings. The van der Waals surface area contributed by atoms with Gasteiger partial charge in [0.15, 0.2) is 0 Å². The summed E-state index contributed by atoms with van der Waals surface area (Å²) >= 11 is 0. The standard InChI is InChI=1S/C20H25N3O2/c1-16(19-9-12-21-13-10-19)22(3)20(25)11-14-23(17(2)24)15-18-7-5-4-6-8-18/h4-10,12-13,16H,11,14-15H2,1-3H3. The summed E-state index contributed by atoms with van der Waals surface area (Å²) in [6.07, 6.45) is 3.75. The second kappa shape index (κ2) is 8.97. The van der Waals surface area contributed by atoms with Crippen molar-refractivity contribution in [3.8, 4) is 0 Å². The number of amides is 2. The average molecular weight is 339 g/mol. The van der Waals surface area contributed by atoms with Crippen molar-refractivity contribution in [2.75, 3.05) is 13.6 Å². The zero-order chi connectivity index (χ0) is 18.2. The van der Waals surface area contributed by atoms with Crippen LogP contribution in [0, 0.1) is 0 Å². The highest BCUT2D eigenvalue weighted by molar-refractivity contribution is 5.78. The van der Waals surface area contributed by atoms with Gasteiger partial charge in [-0.1, -0.05) is 30.3 Å². The molecule has 2 aromatic rings. The van der Waals surface area contributed by atoms with E-state index in [1.54, 1.807) is 29.2 Å². The Balaban J connectivity index is 1.93. The molecule has 0 spiro atoms. The van der Waals surface area contributed by atoms with Gasteiger partial charge in [-0.05, 0) is 30.2 Å². The van der Waals surface area contributed by atoms with Crippen LogP contribution < -0.4 is 0 Å². The van der Waals surface area contributed by atoms with Gasteiger partial charge in [0.1, 0.15) is 0 Å². The predicted molar refractivity (Wildman–Crippen MR) is 97.6 cm³/mol. The summed E-state index contributed by atoms with van der Waals surface area (Å²) < 4.78 is 0. The topological polar surface area (TPSA) is 53.5 Å². The van der Waals surface area contributed by atoms with E-state index in [0.29, 0.717) is 19.5 Å². The van der Waals surface area contributed by atoms with Crippen LogP contribution in [0.2, 0.25) is 0 Å². The van der Waals surface area contributed by atoms with E-state index in [0.717, 1.165) is 11.1 Å². The lowest BCUT2D eigenvalue weighted by molar-refractivity contribution is -0.134. The number of benzene rings is 1. The van der Waals surface area contributed by atoms with Crippen molar-refractivity contribution in [3.05, 3.63) is 66.0 Å². The fourth-order valence-corrected chi connectivity index (χ4v) is 2.64. The van der Waals surface area contributed by atoms with Crippen LogP contribution in [-0.4, -0.2) is 40.2 Å². The minimum absolute atomic E-state index is 0.0172. The van der Waals surface area contributed by atoms with Gasteiger partial charge in [0.2, 0.25) is 11.8 Å². The quantitative estimate of drug-likeness (QED) is 0.779. The third-order valence-electron chi connectivity index (χ3n) is 4.42. The fourth-order valence-electron chi connectivity index (χ4n) is 2.64. The van der Waals surface area contributed by atoms with Gasteiger partial charge < -0.3 is 9.80 Å². The Morgan fingerprint density at radius 2 is 1.72 bits per heavy atom. The van der Waals surface area contributed by atoms with Crippen LogP contribution in [0.25, 0.3) is 0 Å². The second-order valence-electron chi connectivity index (χ2n) is 6.14. The second-order valence-corrected chi connectivity index (χ2v) is 6.14. The van der Waals surface area contributed by atoms with Crippen molar-refractivity contribution in [1.82, 2.24) is 14.8 Å². The van der Waals surface area contributed by atoms with Crippen LogP contribution in [0.15, 0.2) is 54.9 Å². The van der Waals surface area contributed by atoms with Crippen LogP contribution >= 0.6 is 0 Å². The van der Waals surface area contributed by atoms with Crippen LogP contribution in [0.1, 0.15) is 37.4 Å². The number of pyridine rings is 1. The van der Waals surface area contributed by atoms with E-state index < -0.39 is 0 Å². The zero-order valence-corrected chi connectivity index (χ0v) is 15.1. The van der Waals surface area contributed by atoms with E-state index in [1.807, 2.05) is 49.4 Å². The minimum Gasteiger partial charge on any atom is -0.339 e. The fraction of sp³-hybridized carbons (Fsp3) is 0.350. The Kier molecular flexibility index (Phi) is 6.69. The molecule has 25 heavy (non-hydrogen) atoms. The molecule has 1 atom stereocenters. The molecule has 5 nitrogen and oxygen atoms in total. The number of hydrogen-bond donors (Lipinski definition) is 0.